The fraction of sp³-hybridized carbons (Fsp3) is 0.438. The lowest BCUT2D eigenvalue weighted by Gasteiger charge is -2.31. The van der Waals surface area contributed by atoms with Gasteiger partial charge >= 0.3 is 0 Å². The van der Waals surface area contributed by atoms with Gasteiger partial charge in [0.25, 0.3) is 0 Å². The number of likely N-dealkylation sites (tertiary alicyclic amines) is 1. The lowest BCUT2D eigenvalue weighted by molar-refractivity contribution is -0.130. The molecule has 1 fully saturated rings. The molecular weight excluding hydrogens is 266 g/mol. The Hall–Kier alpha value is -2.35. The van der Waals surface area contributed by atoms with Crippen LogP contribution in [-0.2, 0) is 9.59 Å². The quantitative estimate of drug-likeness (QED) is 0.917. The van der Waals surface area contributed by atoms with Gasteiger partial charge in [-0.25, -0.2) is 0 Å². The maximum Gasteiger partial charge on any atom is 0.243 e. The maximum absolute atomic E-state index is 12.6. The van der Waals surface area contributed by atoms with Gasteiger partial charge in [-0.1, -0.05) is 30.3 Å². The topological polar surface area (TPSA) is 73.2 Å². The summed E-state index contributed by atoms with van der Waals surface area (Å²) < 4.78 is 0. The SMILES string of the molecule is CC(C)NC(=O)[C@]1(C#N)CC(=O)N(C)[C@@H]1c1ccccc1. The van der Waals surface area contributed by atoms with Crippen LogP contribution in [0, 0.1) is 16.7 Å². The number of benzene rings is 1. The molecule has 2 atom stereocenters. The summed E-state index contributed by atoms with van der Waals surface area (Å²) in [4.78, 5) is 26.2. The second-order valence-electron chi connectivity index (χ2n) is 5.71. The Kier molecular flexibility index (Phi) is 3.99. The maximum atomic E-state index is 12.6. The van der Waals surface area contributed by atoms with Crippen molar-refractivity contribution in [3.8, 4) is 6.07 Å². The molecule has 1 aromatic rings. The molecule has 21 heavy (non-hydrogen) atoms. The second kappa shape index (κ2) is 5.57. The highest BCUT2D eigenvalue weighted by Crippen LogP contribution is 2.47. The Bertz CT molecular complexity index is 591. The van der Waals surface area contributed by atoms with Crippen LogP contribution < -0.4 is 5.32 Å². The van der Waals surface area contributed by atoms with Crippen molar-refractivity contribution in [2.24, 2.45) is 5.41 Å². The summed E-state index contributed by atoms with van der Waals surface area (Å²) in [5.74, 6) is -0.573. The number of hydrogen-bond donors (Lipinski definition) is 1. The molecule has 0 aliphatic carbocycles. The Morgan fingerprint density at radius 3 is 2.57 bits per heavy atom. The van der Waals surface area contributed by atoms with Crippen molar-refractivity contribution in [3.05, 3.63) is 35.9 Å². The highest BCUT2D eigenvalue weighted by atomic mass is 16.2. The highest BCUT2D eigenvalue weighted by Gasteiger charge is 2.56. The Balaban J connectivity index is 2.50. The van der Waals surface area contributed by atoms with Crippen LogP contribution in [0.25, 0.3) is 0 Å². The van der Waals surface area contributed by atoms with Crippen LogP contribution in [0.1, 0.15) is 31.9 Å². The van der Waals surface area contributed by atoms with Crippen molar-refractivity contribution in [1.82, 2.24) is 10.2 Å². The van der Waals surface area contributed by atoms with Gasteiger partial charge in [-0.05, 0) is 19.4 Å². The van der Waals surface area contributed by atoms with E-state index < -0.39 is 11.5 Å². The monoisotopic (exact) mass is 285 g/mol. The minimum absolute atomic E-state index is 0.0832. The molecule has 110 valence electrons. The van der Waals surface area contributed by atoms with Gasteiger partial charge in [-0.15, -0.1) is 0 Å². The van der Waals surface area contributed by atoms with Crippen LogP contribution in [0.5, 0.6) is 0 Å². The largest absolute Gasteiger partial charge is 0.352 e. The molecule has 1 N–H and O–H groups in total. The first-order chi connectivity index (χ1) is 9.92. The molecule has 2 amide bonds. The molecule has 0 bridgehead atoms. The highest BCUT2D eigenvalue weighted by molar-refractivity contribution is 5.96. The zero-order valence-electron chi connectivity index (χ0n) is 12.5. The summed E-state index contributed by atoms with van der Waals surface area (Å²) in [6.45, 7) is 3.67. The second-order valence-corrected chi connectivity index (χ2v) is 5.71. The van der Waals surface area contributed by atoms with E-state index in [4.69, 9.17) is 0 Å². The van der Waals surface area contributed by atoms with E-state index in [2.05, 4.69) is 11.4 Å². The molecule has 1 aromatic carbocycles. The minimum atomic E-state index is -1.38. The van der Waals surface area contributed by atoms with Gasteiger partial charge in [0, 0.05) is 13.1 Å². The molecule has 1 saturated heterocycles. The van der Waals surface area contributed by atoms with E-state index in [0.29, 0.717) is 0 Å². The van der Waals surface area contributed by atoms with Crippen LogP contribution in [0.15, 0.2) is 30.3 Å². The zero-order valence-corrected chi connectivity index (χ0v) is 12.5. The van der Waals surface area contributed by atoms with Crippen molar-refractivity contribution < 1.29 is 9.59 Å². The normalized spacial score (nSPS) is 25.0. The van der Waals surface area contributed by atoms with Crippen LogP contribution in [-0.4, -0.2) is 29.8 Å². The van der Waals surface area contributed by atoms with Gasteiger partial charge in [-0.2, -0.15) is 5.26 Å². The number of nitrogens with one attached hydrogen (secondary N) is 1. The zero-order chi connectivity index (χ0) is 15.6. The van der Waals surface area contributed by atoms with E-state index in [9.17, 15) is 14.9 Å². The van der Waals surface area contributed by atoms with Gasteiger partial charge in [0.1, 0.15) is 0 Å². The number of rotatable bonds is 3. The number of nitriles is 1. The van der Waals surface area contributed by atoms with Crippen molar-refractivity contribution in [2.75, 3.05) is 7.05 Å². The van der Waals surface area contributed by atoms with E-state index in [-0.39, 0.29) is 24.3 Å². The van der Waals surface area contributed by atoms with Gasteiger partial charge in [0.2, 0.25) is 11.8 Å². The molecule has 2 rings (SSSR count). The van der Waals surface area contributed by atoms with E-state index in [1.54, 1.807) is 7.05 Å². The van der Waals surface area contributed by atoms with Crippen molar-refractivity contribution in [1.29, 1.82) is 5.26 Å². The summed E-state index contributed by atoms with van der Waals surface area (Å²) >= 11 is 0. The molecule has 0 unspecified atom stereocenters. The third-order valence-corrected chi connectivity index (χ3v) is 3.82. The number of nitrogens with zero attached hydrogens (tertiary/aromatic N) is 2. The molecule has 5 heteroatoms. The first kappa shape index (κ1) is 15.0. The number of carbonyl (C=O) groups excluding carboxylic acids is 2. The summed E-state index contributed by atoms with van der Waals surface area (Å²) in [5.41, 5.74) is -0.580. The first-order valence-corrected chi connectivity index (χ1v) is 6.95. The van der Waals surface area contributed by atoms with E-state index in [0.717, 1.165) is 5.56 Å². The Morgan fingerprint density at radius 1 is 1.43 bits per heavy atom. The number of amides is 2. The minimum Gasteiger partial charge on any atom is -0.352 e. The standard InChI is InChI=1S/C16H19N3O2/c1-11(2)18-15(21)16(10-17)9-13(20)19(3)14(16)12-7-5-4-6-8-12/h4-8,11,14H,9H2,1-3H3,(H,18,21)/t14-,16+/m1/s1. The van der Waals surface area contributed by atoms with Crippen molar-refractivity contribution in [2.45, 2.75) is 32.4 Å². The van der Waals surface area contributed by atoms with Crippen molar-refractivity contribution >= 4 is 11.8 Å². The molecule has 0 saturated carbocycles. The average Bonchev–Trinajstić information content (AvgIpc) is 2.72. The molecule has 1 aliphatic heterocycles. The van der Waals surface area contributed by atoms with E-state index in [1.807, 2.05) is 44.2 Å². The summed E-state index contributed by atoms with van der Waals surface area (Å²) in [6.07, 6.45) is -0.0852. The number of hydrogen-bond acceptors (Lipinski definition) is 3. The lowest BCUT2D eigenvalue weighted by atomic mass is 9.77. The Morgan fingerprint density at radius 2 is 2.05 bits per heavy atom. The van der Waals surface area contributed by atoms with Gasteiger partial charge in [0.15, 0.2) is 5.41 Å². The van der Waals surface area contributed by atoms with E-state index in [1.165, 1.54) is 4.90 Å². The van der Waals surface area contributed by atoms with Gasteiger partial charge in [0.05, 0.1) is 18.5 Å². The predicted octanol–water partition coefficient (Wildman–Crippen LogP) is 1.62. The van der Waals surface area contributed by atoms with Crippen LogP contribution in [0.4, 0.5) is 0 Å². The summed E-state index contributed by atoms with van der Waals surface area (Å²) in [5, 5.41) is 12.5. The molecule has 1 heterocycles. The molecule has 0 radical (unpaired) electrons. The first-order valence-electron chi connectivity index (χ1n) is 6.95. The fourth-order valence-corrected chi connectivity index (χ4v) is 2.82. The fourth-order valence-electron chi connectivity index (χ4n) is 2.82. The predicted molar refractivity (Wildman–Crippen MR) is 77.9 cm³/mol. The summed E-state index contributed by atoms with van der Waals surface area (Å²) in [7, 11) is 1.64. The van der Waals surface area contributed by atoms with Gasteiger partial charge in [-0.3, -0.25) is 9.59 Å². The van der Waals surface area contributed by atoms with Crippen LogP contribution >= 0.6 is 0 Å². The van der Waals surface area contributed by atoms with Crippen LogP contribution in [0.3, 0.4) is 0 Å². The molecule has 0 aromatic heterocycles. The molecule has 5 nitrogen and oxygen atoms in total. The smallest absolute Gasteiger partial charge is 0.243 e. The third-order valence-electron chi connectivity index (χ3n) is 3.82. The Labute approximate surface area is 124 Å². The molecule has 1 aliphatic rings. The lowest BCUT2D eigenvalue weighted by Crippen LogP contribution is -2.46. The van der Waals surface area contributed by atoms with Crippen LogP contribution in [0.2, 0.25) is 0 Å². The summed E-state index contributed by atoms with van der Waals surface area (Å²) in [6, 6.07) is 10.7. The average molecular weight is 285 g/mol. The third kappa shape index (κ3) is 2.49. The van der Waals surface area contributed by atoms with Crippen molar-refractivity contribution in [3.63, 3.8) is 0 Å². The number of carbonyl (C=O) groups is 2. The van der Waals surface area contributed by atoms with Gasteiger partial charge < -0.3 is 10.2 Å². The van der Waals surface area contributed by atoms with E-state index >= 15 is 0 Å². The molecular formula is C16H19N3O2. The molecule has 0 spiro atoms.